The van der Waals surface area contributed by atoms with Gasteiger partial charge in [0.05, 0.1) is 6.61 Å². The first-order chi connectivity index (χ1) is 9.72. The van der Waals surface area contributed by atoms with Crippen LogP contribution >= 0.6 is 31.9 Å². The second-order valence-electron chi connectivity index (χ2n) is 4.84. The van der Waals surface area contributed by atoms with Crippen LogP contribution in [0, 0.1) is 0 Å². The van der Waals surface area contributed by atoms with Gasteiger partial charge < -0.3 is 10.1 Å². The molecule has 0 amide bonds. The first-order valence-corrected chi connectivity index (χ1v) is 8.24. The lowest BCUT2D eigenvalue weighted by molar-refractivity contribution is 0.357. The normalized spacial score (nSPS) is 12.9. The number of nitrogens with one attached hydrogen (secondary N) is 1. The molecule has 1 heterocycles. The number of halogens is 2. The molecule has 1 N–H and O–H groups in total. The molecule has 0 radical (unpaired) electrons. The Labute approximate surface area is 135 Å². The summed E-state index contributed by atoms with van der Waals surface area (Å²) in [5.41, 5.74) is 3.81. The highest BCUT2D eigenvalue weighted by Gasteiger charge is 2.11. The predicted molar refractivity (Wildman–Crippen MR) is 89.7 cm³/mol. The van der Waals surface area contributed by atoms with Gasteiger partial charge in [0.15, 0.2) is 0 Å². The van der Waals surface area contributed by atoms with Crippen LogP contribution in [-0.4, -0.2) is 13.2 Å². The molecule has 0 aliphatic carbocycles. The molecular weight excluding hydrogens is 382 g/mol. The summed E-state index contributed by atoms with van der Waals surface area (Å²) in [4.78, 5) is 0. The van der Waals surface area contributed by atoms with Gasteiger partial charge in [-0.25, -0.2) is 0 Å². The molecule has 4 heteroatoms. The standard InChI is InChI=1S/C16H15Br2NO/c17-13-2-3-14(18)15(10-13)19-7-5-11-1-4-16-12(9-11)6-8-20-16/h1-4,9-10,19H,5-8H2. The van der Waals surface area contributed by atoms with Crippen LogP contribution in [0.1, 0.15) is 11.1 Å². The molecule has 3 rings (SSSR count). The summed E-state index contributed by atoms with van der Waals surface area (Å²) in [7, 11) is 0. The van der Waals surface area contributed by atoms with E-state index in [-0.39, 0.29) is 0 Å². The van der Waals surface area contributed by atoms with Gasteiger partial charge in [0.25, 0.3) is 0 Å². The summed E-state index contributed by atoms with van der Waals surface area (Å²) < 4.78 is 7.70. The smallest absolute Gasteiger partial charge is 0.122 e. The van der Waals surface area contributed by atoms with E-state index in [4.69, 9.17) is 4.74 Å². The SMILES string of the molecule is Brc1ccc(Br)c(NCCc2ccc3c(c2)CCO3)c1. The minimum atomic E-state index is 0.821. The van der Waals surface area contributed by atoms with Crippen LogP contribution in [0.2, 0.25) is 0 Å². The highest BCUT2D eigenvalue weighted by atomic mass is 79.9. The van der Waals surface area contributed by atoms with Gasteiger partial charge in [0.2, 0.25) is 0 Å². The van der Waals surface area contributed by atoms with E-state index in [2.05, 4.69) is 61.4 Å². The van der Waals surface area contributed by atoms with Gasteiger partial charge in [-0.1, -0.05) is 28.1 Å². The molecule has 2 aromatic carbocycles. The maximum absolute atomic E-state index is 5.53. The van der Waals surface area contributed by atoms with E-state index in [0.717, 1.165) is 46.4 Å². The molecule has 0 bridgehead atoms. The van der Waals surface area contributed by atoms with E-state index in [1.807, 2.05) is 12.1 Å². The number of benzene rings is 2. The van der Waals surface area contributed by atoms with Crippen LogP contribution < -0.4 is 10.1 Å². The zero-order valence-corrected chi connectivity index (χ0v) is 14.1. The first kappa shape index (κ1) is 14.0. The summed E-state index contributed by atoms with van der Waals surface area (Å²) in [6.07, 6.45) is 2.04. The van der Waals surface area contributed by atoms with Crippen LogP contribution in [-0.2, 0) is 12.8 Å². The molecule has 0 spiro atoms. The van der Waals surface area contributed by atoms with Gasteiger partial charge in [-0.15, -0.1) is 0 Å². The van der Waals surface area contributed by atoms with Crippen molar-refractivity contribution in [2.75, 3.05) is 18.5 Å². The molecule has 0 unspecified atom stereocenters. The Hall–Kier alpha value is -1.00. The van der Waals surface area contributed by atoms with Crippen LogP contribution in [0.3, 0.4) is 0 Å². The molecule has 1 aliphatic heterocycles. The summed E-state index contributed by atoms with van der Waals surface area (Å²) in [6, 6.07) is 12.7. The third kappa shape index (κ3) is 3.18. The molecule has 104 valence electrons. The highest BCUT2D eigenvalue weighted by molar-refractivity contribution is 9.11. The van der Waals surface area contributed by atoms with E-state index < -0.39 is 0 Å². The van der Waals surface area contributed by atoms with E-state index in [1.165, 1.54) is 11.1 Å². The monoisotopic (exact) mass is 395 g/mol. The molecule has 2 nitrogen and oxygen atoms in total. The van der Waals surface area contributed by atoms with Crippen LogP contribution in [0.25, 0.3) is 0 Å². The molecule has 0 aromatic heterocycles. The number of fused-ring (bicyclic) bond motifs is 1. The van der Waals surface area contributed by atoms with E-state index in [0.29, 0.717) is 0 Å². The van der Waals surface area contributed by atoms with E-state index in [1.54, 1.807) is 0 Å². The maximum Gasteiger partial charge on any atom is 0.122 e. The van der Waals surface area contributed by atoms with Crippen molar-refractivity contribution < 1.29 is 4.74 Å². The Bertz CT molecular complexity index is 628. The Morgan fingerprint density at radius 1 is 1.10 bits per heavy atom. The Kier molecular flexibility index (Phi) is 4.32. The minimum absolute atomic E-state index is 0.821. The molecule has 1 aliphatic rings. The fraction of sp³-hybridized carbons (Fsp3) is 0.250. The van der Waals surface area contributed by atoms with Crippen LogP contribution in [0.5, 0.6) is 5.75 Å². The third-order valence-corrected chi connectivity index (χ3v) is 4.60. The van der Waals surface area contributed by atoms with Crippen LogP contribution in [0.4, 0.5) is 5.69 Å². The Balaban J connectivity index is 1.61. The van der Waals surface area contributed by atoms with Crippen molar-refractivity contribution in [2.24, 2.45) is 0 Å². The van der Waals surface area contributed by atoms with Gasteiger partial charge in [0.1, 0.15) is 5.75 Å². The second-order valence-corrected chi connectivity index (χ2v) is 6.61. The second kappa shape index (κ2) is 6.19. The highest BCUT2D eigenvalue weighted by Crippen LogP contribution is 2.27. The zero-order chi connectivity index (χ0) is 13.9. The van der Waals surface area contributed by atoms with Gasteiger partial charge in [-0.2, -0.15) is 0 Å². The largest absolute Gasteiger partial charge is 0.493 e. The van der Waals surface area contributed by atoms with Crippen molar-refractivity contribution in [3.63, 3.8) is 0 Å². The van der Waals surface area contributed by atoms with Gasteiger partial charge in [-0.05, 0) is 57.7 Å². The fourth-order valence-electron chi connectivity index (χ4n) is 2.37. The van der Waals surface area contributed by atoms with Gasteiger partial charge >= 0.3 is 0 Å². The van der Waals surface area contributed by atoms with Gasteiger partial charge in [-0.3, -0.25) is 0 Å². The number of anilines is 1. The first-order valence-electron chi connectivity index (χ1n) is 6.66. The van der Waals surface area contributed by atoms with Crippen molar-refractivity contribution in [3.8, 4) is 5.75 Å². The molecule has 2 aromatic rings. The number of hydrogen-bond acceptors (Lipinski definition) is 2. The number of hydrogen-bond donors (Lipinski definition) is 1. The molecule has 0 atom stereocenters. The number of ether oxygens (including phenoxy) is 1. The fourth-order valence-corrected chi connectivity index (χ4v) is 3.12. The molecule has 20 heavy (non-hydrogen) atoms. The Morgan fingerprint density at radius 3 is 2.90 bits per heavy atom. The molecule has 0 saturated heterocycles. The van der Waals surface area contributed by atoms with Gasteiger partial charge in [0, 0.05) is 27.6 Å². The average Bonchev–Trinajstić information content (AvgIpc) is 2.90. The summed E-state index contributed by atoms with van der Waals surface area (Å²) in [5, 5.41) is 3.46. The quantitative estimate of drug-likeness (QED) is 0.801. The molecule has 0 fully saturated rings. The van der Waals surface area contributed by atoms with E-state index in [9.17, 15) is 0 Å². The van der Waals surface area contributed by atoms with Crippen molar-refractivity contribution in [2.45, 2.75) is 12.8 Å². The lowest BCUT2D eigenvalue weighted by Gasteiger charge is -2.10. The zero-order valence-electron chi connectivity index (χ0n) is 11.0. The third-order valence-electron chi connectivity index (χ3n) is 3.41. The average molecular weight is 397 g/mol. The summed E-state index contributed by atoms with van der Waals surface area (Å²) in [5.74, 6) is 1.05. The topological polar surface area (TPSA) is 21.3 Å². The lowest BCUT2D eigenvalue weighted by Crippen LogP contribution is -2.05. The van der Waals surface area contributed by atoms with Crippen molar-refractivity contribution in [1.29, 1.82) is 0 Å². The lowest BCUT2D eigenvalue weighted by atomic mass is 10.1. The summed E-state index contributed by atoms with van der Waals surface area (Å²) in [6.45, 7) is 1.73. The Morgan fingerprint density at radius 2 is 2.00 bits per heavy atom. The predicted octanol–water partition coefficient (Wildman–Crippen LogP) is 4.80. The maximum atomic E-state index is 5.53. The van der Waals surface area contributed by atoms with Crippen molar-refractivity contribution in [1.82, 2.24) is 0 Å². The van der Waals surface area contributed by atoms with Crippen LogP contribution in [0.15, 0.2) is 45.3 Å². The molecule has 0 saturated carbocycles. The van der Waals surface area contributed by atoms with Crippen molar-refractivity contribution >= 4 is 37.5 Å². The number of rotatable bonds is 4. The van der Waals surface area contributed by atoms with Crippen molar-refractivity contribution in [3.05, 3.63) is 56.5 Å². The molecular formula is C16H15Br2NO. The minimum Gasteiger partial charge on any atom is -0.493 e. The summed E-state index contributed by atoms with van der Waals surface area (Å²) >= 11 is 7.05. The van der Waals surface area contributed by atoms with E-state index >= 15 is 0 Å².